The molecule has 0 unspecified atom stereocenters. The van der Waals surface area contributed by atoms with E-state index in [2.05, 4.69) is 5.68 Å². The molecule has 0 saturated heterocycles. The van der Waals surface area contributed by atoms with E-state index in [1.807, 2.05) is 0 Å². The van der Waals surface area contributed by atoms with Crippen LogP contribution in [-0.2, 0) is 90.6 Å². The molecule has 0 fully saturated rings. The van der Waals surface area contributed by atoms with Crippen LogP contribution in [0.2, 0.25) is 0 Å². The van der Waals surface area contributed by atoms with Gasteiger partial charge in [0.15, 0.2) is 0 Å². The van der Waals surface area contributed by atoms with Crippen molar-refractivity contribution in [1.82, 2.24) is 0 Å². The first-order valence-electron chi connectivity index (χ1n) is 2.67. The molecule has 0 aliphatic carbocycles. The van der Waals surface area contributed by atoms with Crippen molar-refractivity contribution in [3.8, 4) is 0 Å². The molecular weight excluding hydrogens is 664 g/mol. The van der Waals surface area contributed by atoms with Gasteiger partial charge in [0.2, 0.25) is 0 Å². The van der Waals surface area contributed by atoms with Gasteiger partial charge in [0.05, 0.1) is 0 Å². The molecule has 0 rings (SSSR count). The maximum Gasteiger partial charge on any atom is 4.00 e. The van der Waals surface area contributed by atoms with Crippen molar-refractivity contribution in [3.63, 3.8) is 0 Å². The van der Waals surface area contributed by atoms with Crippen LogP contribution in [-0.4, -0.2) is 0 Å². The van der Waals surface area contributed by atoms with E-state index in [-0.39, 0.29) is 39.9 Å². The van der Waals surface area contributed by atoms with Crippen LogP contribution in [0, 0.1) is 39.9 Å². The summed E-state index contributed by atoms with van der Waals surface area (Å²) in [6, 6.07) is 0. The van der Waals surface area contributed by atoms with Crippen molar-refractivity contribution in [3.05, 3.63) is 0 Å². The molecule has 0 saturated carbocycles. The topological polar surface area (TPSA) is 247 Å². The van der Waals surface area contributed by atoms with E-state index >= 15 is 0 Å². The van der Waals surface area contributed by atoms with E-state index in [0.717, 1.165) is 0 Å². The third-order valence-electron chi connectivity index (χ3n) is 0.333. The van der Waals surface area contributed by atoms with E-state index in [4.69, 9.17) is 0 Å². The van der Waals surface area contributed by atoms with E-state index < -0.39 is 54.5 Å². The fraction of sp³-hybridized carbons (Fsp3) is 0. The Morgan fingerprint density at radius 2 is 0.579 bits per heavy atom. The zero-order valence-electron chi connectivity index (χ0n) is 7.85. The first kappa shape index (κ1) is 25.6. The van der Waals surface area contributed by atoms with Gasteiger partial charge in [-0.15, -0.1) is 0 Å². The van der Waals surface area contributed by atoms with Crippen LogP contribution in [0.4, 0.5) is 0 Å². The van der Waals surface area contributed by atoms with Crippen LogP contribution in [0.5, 0.6) is 0 Å². The van der Waals surface area contributed by atoms with Crippen LogP contribution >= 0.6 is 0 Å². The second-order valence-electron chi connectivity index (χ2n) is 1.77. The van der Waals surface area contributed by atoms with E-state index in [1.54, 1.807) is 0 Å². The van der Waals surface area contributed by atoms with Crippen molar-refractivity contribution in [2.75, 3.05) is 0 Å². The summed E-state index contributed by atoms with van der Waals surface area (Å²) >= 11 is -24.3. The van der Waals surface area contributed by atoms with E-state index in [1.165, 1.54) is 0 Å². The predicted molar refractivity (Wildman–Crippen MR) is 7.66 cm³/mol. The Kier molecular flexibility index (Phi) is 12.0. The molecule has 0 N–H and O–H groups in total. The summed E-state index contributed by atoms with van der Waals surface area (Å²) in [5, 5.41) is 0. The molecule has 0 aliphatic heterocycles. The van der Waals surface area contributed by atoms with Crippen LogP contribution < -0.4 is 16.6 Å². The molecule has 19 heteroatoms. The molecule has 0 amide bonds. The molecule has 14 nitrogen and oxygen atoms in total. The average Bonchev–Trinajstić information content (AvgIpc) is 1.64. The van der Waals surface area contributed by atoms with Gasteiger partial charge >= 0.3 is 147 Å². The summed E-state index contributed by atoms with van der Waals surface area (Å²) < 4.78 is 118. The second kappa shape index (κ2) is 8.91. The Hall–Kier alpha value is 1.61. The fourth-order valence-corrected chi connectivity index (χ4v) is 3.47. The standard InChI is InChI=1S/4Cr.14O.Th/q;;;;;;;;;;;;;;4*-1;+4. The largest absolute Gasteiger partial charge is 4.00 e. The van der Waals surface area contributed by atoms with Crippen LogP contribution in [0.3, 0.4) is 0 Å². The van der Waals surface area contributed by atoms with Crippen LogP contribution in [0.1, 0.15) is 0 Å². The monoisotopic (exact) mass is 664 g/mol. The molecule has 0 radical (unpaired) electrons. The van der Waals surface area contributed by atoms with Gasteiger partial charge in [0.1, 0.15) is 0 Å². The zero-order valence-corrected chi connectivity index (χ0v) is 17.1. The molecule has 0 heterocycles. The summed E-state index contributed by atoms with van der Waals surface area (Å²) in [6.45, 7) is 0. The summed E-state index contributed by atoms with van der Waals surface area (Å²) in [6.07, 6.45) is 0. The number of hydrogen-bond donors (Lipinski definition) is 0. The van der Waals surface area contributed by atoms with Gasteiger partial charge in [-0.3, -0.25) is 0 Å². The SMILES string of the molecule is [O]=[Cr](=[O])([O-])[O][Cr](=[O])(=[O])[O-].[O]=[Cr](=[O])([O-])[O][Cr](=[O])(=[O])[O-].[Th+4]. The van der Waals surface area contributed by atoms with Crippen molar-refractivity contribution >= 4 is 0 Å². The minimum Gasteiger partial charge on any atom is 4.00 e. The number of hydrogen-bond acceptors (Lipinski definition) is 14. The molecule has 0 atom stereocenters. The van der Waals surface area contributed by atoms with Gasteiger partial charge in [0.25, 0.3) is 0 Å². The Morgan fingerprint density at radius 3 is 0.579 bits per heavy atom. The Labute approximate surface area is 145 Å². The zero-order chi connectivity index (χ0) is 15.4. The third kappa shape index (κ3) is 32.8. The molecular formula is Cr4O14Th. The first-order chi connectivity index (χ1) is 7.41. The Balaban J connectivity index is -0.000000256. The van der Waals surface area contributed by atoms with Gasteiger partial charge in [-0.25, -0.2) is 0 Å². The van der Waals surface area contributed by atoms with Crippen LogP contribution in [0.25, 0.3) is 0 Å². The van der Waals surface area contributed by atoms with Gasteiger partial charge in [0, 0.05) is 0 Å². The van der Waals surface area contributed by atoms with Crippen molar-refractivity contribution in [1.29, 1.82) is 0 Å². The first-order valence-corrected chi connectivity index (χ1v) is 11.0. The molecule has 0 aliphatic rings. The van der Waals surface area contributed by atoms with Crippen molar-refractivity contribution < 1.29 is 147 Å². The van der Waals surface area contributed by atoms with Gasteiger partial charge < -0.3 is 0 Å². The molecule has 112 valence electrons. The maximum atomic E-state index is 9.38. The number of rotatable bonds is 4. The molecule has 0 aromatic heterocycles. The van der Waals surface area contributed by atoms with Gasteiger partial charge in [-0.1, -0.05) is 0 Å². The average molecular weight is 664 g/mol. The third-order valence-corrected chi connectivity index (χ3v) is 5.67. The van der Waals surface area contributed by atoms with E-state index in [0.29, 0.717) is 0 Å². The predicted octanol–water partition coefficient (Wildman–Crippen LogP) is -5.85. The minimum atomic E-state index is -6.07. The van der Waals surface area contributed by atoms with Crippen molar-refractivity contribution in [2.45, 2.75) is 0 Å². The van der Waals surface area contributed by atoms with Crippen molar-refractivity contribution in [2.24, 2.45) is 0 Å². The molecule has 0 aromatic carbocycles. The quantitative estimate of drug-likeness (QED) is 0.272. The minimum absolute atomic E-state index is 0. The van der Waals surface area contributed by atoms with Gasteiger partial charge in [-0.2, -0.15) is 0 Å². The smallest absolute Gasteiger partial charge is 4.00 e. The summed E-state index contributed by atoms with van der Waals surface area (Å²) in [4.78, 5) is 0. The fourth-order valence-electron chi connectivity index (χ4n) is 0.204. The summed E-state index contributed by atoms with van der Waals surface area (Å²) in [7, 11) is 0. The molecule has 0 spiro atoms. The maximum absolute atomic E-state index is 9.38. The van der Waals surface area contributed by atoms with Crippen LogP contribution in [0.15, 0.2) is 0 Å². The van der Waals surface area contributed by atoms with Gasteiger partial charge in [-0.05, 0) is 0 Å². The Bertz CT molecular complexity index is 532. The normalized spacial score (nSPS) is 12.8. The summed E-state index contributed by atoms with van der Waals surface area (Å²) in [5.74, 6) is 0. The molecule has 0 bridgehead atoms. The Morgan fingerprint density at radius 1 is 0.474 bits per heavy atom. The second-order valence-corrected chi connectivity index (χ2v) is 9.05. The summed E-state index contributed by atoms with van der Waals surface area (Å²) in [5.41, 5.74) is 0. The van der Waals surface area contributed by atoms with E-state index in [9.17, 15) is 47.1 Å². The molecule has 0 aromatic rings. The molecule has 19 heavy (non-hydrogen) atoms.